The number of carbonyl (C=O) groups excluding carboxylic acids is 4. The number of nitrogens with one attached hydrogen (secondary N) is 2. The number of hydrogen-bond acceptors (Lipinski definition) is 8. The van der Waals surface area contributed by atoms with E-state index in [2.05, 4.69) is 32.9 Å². The van der Waals surface area contributed by atoms with E-state index in [-0.39, 0.29) is 35.4 Å². The van der Waals surface area contributed by atoms with Crippen LogP contribution >= 0.6 is 0 Å². The molecule has 3 N–H and O–H groups in total. The molecule has 1 aliphatic carbocycles. The summed E-state index contributed by atoms with van der Waals surface area (Å²) in [4.78, 5) is 62.1. The molecule has 218 valence electrons. The normalized spacial score (nSPS) is 25.2. The summed E-state index contributed by atoms with van der Waals surface area (Å²) in [5.41, 5.74) is 2.16. The van der Waals surface area contributed by atoms with Crippen molar-refractivity contribution in [1.82, 2.24) is 35.4 Å². The molecule has 0 radical (unpaired) electrons. The number of hydrogen-bond donors (Lipinski definition) is 3. The SMILES string of the molecule is CN1CC2CC1(CNC(=O)c1cn(-c3ccc4c(c3)C(=O)N(C3CCC(=O)NC3=O)C4)nn1)C2.O=C(O)C(F)(F)F. The van der Waals surface area contributed by atoms with Crippen LogP contribution in [0.1, 0.15) is 52.1 Å². The predicted molar refractivity (Wildman–Crippen MR) is 132 cm³/mol. The number of aliphatic carboxylic acids is 1. The van der Waals surface area contributed by atoms with Gasteiger partial charge in [0.15, 0.2) is 5.69 Å². The van der Waals surface area contributed by atoms with Gasteiger partial charge in [-0.3, -0.25) is 29.4 Å². The summed E-state index contributed by atoms with van der Waals surface area (Å²) >= 11 is 0. The molecule has 2 bridgehead atoms. The molecular formula is C25H26F3N7O6. The number of fused-ring (bicyclic) bond motifs is 2. The first-order valence-corrected chi connectivity index (χ1v) is 12.8. The Labute approximate surface area is 230 Å². The van der Waals surface area contributed by atoms with Gasteiger partial charge < -0.3 is 15.3 Å². The fraction of sp³-hybridized carbons (Fsp3) is 0.480. The zero-order chi connectivity index (χ0) is 29.7. The van der Waals surface area contributed by atoms with Crippen molar-refractivity contribution in [1.29, 1.82) is 0 Å². The molecule has 7 rings (SSSR count). The van der Waals surface area contributed by atoms with E-state index >= 15 is 0 Å². The first-order chi connectivity index (χ1) is 19.3. The number of amides is 4. The minimum atomic E-state index is -5.08. The van der Waals surface area contributed by atoms with Crippen LogP contribution in [0.4, 0.5) is 13.2 Å². The second-order valence-corrected chi connectivity index (χ2v) is 10.7. The molecule has 16 heteroatoms. The third kappa shape index (κ3) is 5.38. The summed E-state index contributed by atoms with van der Waals surface area (Å²) in [6, 6.07) is 4.66. The van der Waals surface area contributed by atoms with Crippen LogP contribution in [0.15, 0.2) is 24.4 Å². The van der Waals surface area contributed by atoms with E-state index in [1.54, 1.807) is 18.3 Å². The van der Waals surface area contributed by atoms with Gasteiger partial charge in [-0.15, -0.1) is 5.10 Å². The van der Waals surface area contributed by atoms with Crippen molar-refractivity contribution >= 4 is 29.6 Å². The van der Waals surface area contributed by atoms with Gasteiger partial charge in [-0.25, -0.2) is 9.48 Å². The van der Waals surface area contributed by atoms with Crippen molar-refractivity contribution in [2.45, 2.75) is 50.0 Å². The fourth-order valence-electron chi connectivity index (χ4n) is 5.83. The number of halogens is 3. The molecule has 4 aliphatic heterocycles. The Bertz CT molecular complexity index is 1430. The number of imide groups is 1. The molecule has 2 aromatic rings. The highest BCUT2D eigenvalue weighted by atomic mass is 19.4. The number of benzene rings is 1. The lowest BCUT2D eigenvalue weighted by atomic mass is 9.73. The molecule has 1 aromatic heterocycles. The summed E-state index contributed by atoms with van der Waals surface area (Å²) in [6.07, 6.45) is -0.765. The maximum absolute atomic E-state index is 13.0. The van der Waals surface area contributed by atoms with Gasteiger partial charge in [0.1, 0.15) is 6.04 Å². The van der Waals surface area contributed by atoms with Crippen LogP contribution in [0.2, 0.25) is 0 Å². The summed E-state index contributed by atoms with van der Waals surface area (Å²) in [7, 11) is 2.10. The Kier molecular flexibility index (Phi) is 7.05. The minimum absolute atomic E-state index is 0.0745. The molecule has 3 saturated heterocycles. The smallest absolute Gasteiger partial charge is 0.475 e. The van der Waals surface area contributed by atoms with Crippen molar-refractivity contribution < 1.29 is 42.3 Å². The van der Waals surface area contributed by atoms with E-state index in [0.29, 0.717) is 30.8 Å². The second-order valence-electron chi connectivity index (χ2n) is 10.7. The largest absolute Gasteiger partial charge is 0.490 e. The van der Waals surface area contributed by atoms with E-state index in [0.717, 1.165) is 30.9 Å². The first kappa shape index (κ1) is 28.2. The maximum atomic E-state index is 13.0. The van der Waals surface area contributed by atoms with Crippen LogP contribution < -0.4 is 10.6 Å². The minimum Gasteiger partial charge on any atom is -0.475 e. The monoisotopic (exact) mass is 577 g/mol. The quantitative estimate of drug-likeness (QED) is 0.429. The van der Waals surface area contributed by atoms with Crippen LogP contribution in [-0.4, -0.2) is 97.4 Å². The molecule has 1 saturated carbocycles. The summed E-state index contributed by atoms with van der Waals surface area (Å²) < 4.78 is 33.2. The lowest BCUT2D eigenvalue weighted by Gasteiger charge is -2.41. The number of carboxylic acid groups (broad SMARTS) is 1. The molecule has 1 unspecified atom stereocenters. The Morgan fingerprint density at radius 2 is 1.93 bits per heavy atom. The van der Waals surface area contributed by atoms with Crippen molar-refractivity contribution in [2.75, 3.05) is 20.1 Å². The standard InChI is InChI=1S/C23H25N7O4.C2HF3O2/c1-28-9-13-7-23(28,8-13)12-24-20(32)17-11-30(27-26-17)15-3-2-14-10-29(22(34)16(14)6-15)18-4-5-19(31)25-21(18)33;3-2(4,5)1(6)7/h2-3,6,11,13,18H,4-5,7-10,12H2,1H3,(H,24,32)(H,25,31,33);(H,6,7). The maximum Gasteiger partial charge on any atom is 0.490 e. The topological polar surface area (TPSA) is 167 Å². The first-order valence-electron chi connectivity index (χ1n) is 12.8. The molecular weight excluding hydrogens is 551 g/mol. The predicted octanol–water partition coefficient (Wildman–Crippen LogP) is 0.486. The lowest BCUT2D eigenvalue weighted by molar-refractivity contribution is -0.192. The Hall–Kier alpha value is -4.34. The number of piperidine rings is 1. The number of nitrogens with zero attached hydrogens (tertiary/aromatic N) is 5. The molecule has 1 aromatic carbocycles. The number of rotatable bonds is 5. The number of alkyl halides is 3. The zero-order valence-corrected chi connectivity index (χ0v) is 21.8. The Balaban J connectivity index is 0.000000431. The second kappa shape index (κ2) is 10.2. The van der Waals surface area contributed by atoms with Gasteiger partial charge >= 0.3 is 12.1 Å². The van der Waals surface area contributed by atoms with Crippen LogP contribution in [0, 0.1) is 5.92 Å². The highest BCUT2D eigenvalue weighted by Gasteiger charge is 2.54. The summed E-state index contributed by atoms with van der Waals surface area (Å²) in [6.45, 7) is 1.99. The van der Waals surface area contributed by atoms with E-state index in [4.69, 9.17) is 9.90 Å². The van der Waals surface area contributed by atoms with Gasteiger partial charge in [-0.1, -0.05) is 11.3 Å². The molecule has 4 fully saturated rings. The molecule has 0 spiro atoms. The van der Waals surface area contributed by atoms with E-state index < -0.39 is 24.1 Å². The van der Waals surface area contributed by atoms with Crippen molar-refractivity contribution in [3.05, 3.63) is 41.2 Å². The van der Waals surface area contributed by atoms with Crippen LogP contribution in [-0.2, 0) is 20.9 Å². The van der Waals surface area contributed by atoms with Crippen LogP contribution in [0.5, 0.6) is 0 Å². The van der Waals surface area contributed by atoms with Gasteiger partial charge in [0.05, 0.1) is 11.9 Å². The van der Waals surface area contributed by atoms with E-state index in [9.17, 15) is 32.3 Å². The average molecular weight is 578 g/mol. The highest BCUT2D eigenvalue weighted by Crippen LogP contribution is 2.49. The molecule has 1 atom stereocenters. The molecule has 5 heterocycles. The zero-order valence-electron chi connectivity index (χ0n) is 21.8. The van der Waals surface area contributed by atoms with Crippen molar-refractivity contribution in [2.24, 2.45) is 5.92 Å². The van der Waals surface area contributed by atoms with E-state index in [1.807, 2.05) is 6.07 Å². The third-order valence-corrected chi connectivity index (χ3v) is 8.00. The number of carbonyl (C=O) groups is 5. The fourth-order valence-corrected chi connectivity index (χ4v) is 5.83. The van der Waals surface area contributed by atoms with Crippen molar-refractivity contribution in [3.8, 4) is 5.69 Å². The highest BCUT2D eigenvalue weighted by molar-refractivity contribution is 6.05. The molecule has 13 nitrogen and oxygen atoms in total. The van der Waals surface area contributed by atoms with Gasteiger partial charge in [-0.2, -0.15) is 13.2 Å². The van der Waals surface area contributed by atoms with Crippen LogP contribution in [0.25, 0.3) is 5.69 Å². The molecule has 41 heavy (non-hydrogen) atoms. The van der Waals surface area contributed by atoms with Gasteiger partial charge in [0.25, 0.3) is 11.8 Å². The van der Waals surface area contributed by atoms with Gasteiger partial charge in [0, 0.05) is 37.2 Å². The number of aromatic nitrogens is 3. The Morgan fingerprint density at radius 3 is 2.54 bits per heavy atom. The Morgan fingerprint density at radius 1 is 1.22 bits per heavy atom. The third-order valence-electron chi connectivity index (χ3n) is 8.00. The lowest BCUT2D eigenvalue weighted by Crippen LogP contribution is -2.53. The molecule has 5 aliphatic rings. The number of carboxylic acids is 1. The summed E-state index contributed by atoms with van der Waals surface area (Å²) in [5, 5.41) is 20.5. The van der Waals surface area contributed by atoms with Gasteiger partial charge in [0.2, 0.25) is 11.8 Å². The van der Waals surface area contributed by atoms with Gasteiger partial charge in [-0.05, 0) is 49.9 Å². The number of likely N-dealkylation sites (N-methyl/N-ethyl adjacent to an activating group) is 1. The van der Waals surface area contributed by atoms with Crippen molar-refractivity contribution in [3.63, 3.8) is 0 Å². The van der Waals surface area contributed by atoms with Crippen LogP contribution in [0.3, 0.4) is 0 Å². The molecule has 4 amide bonds. The van der Waals surface area contributed by atoms with E-state index in [1.165, 1.54) is 9.58 Å². The average Bonchev–Trinajstić information content (AvgIpc) is 3.64. The summed E-state index contributed by atoms with van der Waals surface area (Å²) in [5.74, 6) is -3.30.